The molecule has 0 bridgehead atoms. The highest BCUT2D eigenvalue weighted by Crippen LogP contribution is 2.33. The minimum Gasteiger partial charge on any atom is -0.495 e. The van der Waals surface area contributed by atoms with Crippen molar-refractivity contribution in [2.24, 2.45) is 0 Å². The molecule has 7 heteroatoms. The van der Waals surface area contributed by atoms with Crippen molar-refractivity contribution in [3.63, 3.8) is 0 Å². The van der Waals surface area contributed by atoms with E-state index in [1.807, 2.05) is 0 Å². The van der Waals surface area contributed by atoms with E-state index in [9.17, 15) is 14.9 Å². The predicted octanol–water partition coefficient (Wildman–Crippen LogP) is 1.88. The van der Waals surface area contributed by atoms with Crippen molar-refractivity contribution in [3.05, 3.63) is 32.8 Å². The van der Waals surface area contributed by atoms with Crippen molar-refractivity contribution >= 4 is 23.3 Å². The van der Waals surface area contributed by atoms with Crippen LogP contribution in [0.25, 0.3) is 0 Å². The van der Waals surface area contributed by atoms with E-state index in [0.29, 0.717) is 0 Å². The molecule has 1 N–H and O–H groups in total. The number of hydrogen-bond acceptors (Lipinski definition) is 4. The second-order valence-corrected chi connectivity index (χ2v) is 3.33. The van der Waals surface area contributed by atoms with Gasteiger partial charge < -0.3 is 9.84 Å². The van der Waals surface area contributed by atoms with Crippen molar-refractivity contribution in [2.75, 3.05) is 7.11 Å². The fourth-order valence-electron chi connectivity index (χ4n) is 1.18. The number of non-ortho nitro benzene ring substituents is 1. The number of nitro groups is 1. The fraction of sp³-hybridized carbons (Fsp3) is 0.222. The van der Waals surface area contributed by atoms with Gasteiger partial charge in [-0.25, -0.2) is 0 Å². The Morgan fingerprint density at radius 3 is 2.69 bits per heavy atom. The van der Waals surface area contributed by atoms with Crippen molar-refractivity contribution in [1.82, 2.24) is 0 Å². The number of carboxylic acid groups (broad SMARTS) is 1. The van der Waals surface area contributed by atoms with Crippen molar-refractivity contribution < 1.29 is 19.6 Å². The summed E-state index contributed by atoms with van der Waals surface area (Å²) in [5.41, 5.74) is -0.0993. The molecular weight excluding hydrogens is 238 g/mol. The summed E-state index contributed by atoms with van der Waals surface area (Å²) in [6.45, 7) is 0. The normalized spacial score (nSPS) is 9.88. The van der Waals surface area contributed by atoms with Gasteiger partial charge in [0.15, 0.2) is 0 Å². The van der Waals surface area contributed by atoms with E-state index in [1.165, 1.54) is 7.11 Å². The first-order valence-corrected chi connectivity index (χ1v) is 4.56. The summed E-state index contributed by atoms with van der Waals surface area (Å²) in [6, 6.07) is 2.27. The molecule has 1 aromatic rings. The average Bonchev–Trinajstić information content (AvgIpc) is 2.20. The number of rotatable bonds is 4. The number of hydrogen-bond donors (Lipinski definition) is 1. The minimum atomic E-state index is -1.12. The molecular formula is C9H8ClNO5. The van der Waals surface area contributed by atoms with Crippen LogP contribution in [0.15, 0.2) is 12.1 Å². The Bertz CT molecular complexity index is 446. The molecule has 0 fully saturated rings. The van der Waals surface area contributed by atoms with Crippen LogP contribution in [-0.4, -0.2) is 23.1 Å². The number of nitro benzene ring substituents is 1. The molecule has 16 heavy (non-hydrogen) atoms. The van der Waals surface area contributed by atoms with Gasteiger partial charge in [0.1, 0.15) is 5.75 Å². The Balaban J connectivity index is 3.29. The molecule has 6 nitrogen and oxygen atoms in total. The zero-order valence-electron chi connectivity index (χ0n) is 8.27. The SMILES string of the molecule is COc1cc([N+](=O)[O-])cc(CC(=O)O)c1Cl. The summed E-state index contributed by atoms with van der Waals surface area (Å²) >= 11 is 5.82. The number of halogens is 1. The van der Waals surface area contributed by atoms with Crippen LogP contribution in [0.5, 0.6) is 5.75 Å². The number of carbonyl (C=O) groups is 1. The van der Waals surface area contributed by atoms with Crippen LogP contribution in [0.3, 0.4) is 0 Å². The highest BCUT2D eigenvalue weighted by atomic mass is 35.5. The van der Waals surface area contributed by atoms with E-state index < -0.39 is 17.3 Å². The van der Waals surface area contributed by atoms with Crippen LogP contribution >= 0.6 is 11.6 Å². The van der Waals surface area contributed by atoms with Gasteiger partial charge in [-0.15, -0.1) is 0 Å². The summed E-state index contributed by atoms with van der Waals surface area (Å²) < 4.78 is 4.83. The van der Waals surface area contributed by atoms with Gasteiger partial charge >= 0.3 is 5.97 Å². The average molecular weight is 246 g/mol. The van der Waals surface area contributed by atoms with Gasteiger partial charge in [0.05, 0.1) is 29.5 Å². The second kappa shape index (κ2) is 4.80. The van der Waals surface area contributed by atoms with Crippen LogP contribution in [0, 0.1) is 10.1 Å². The van der Waals surface area contributed by atoms with Gasteiger partial charge in [-0.3, -0.25) is 14.9 Å². The molecule has 0 spiro atoms. The number of carboxylic acids is 1. The predicted molar refractivity (Wildman–Crippen MR) is 56.0 cm³/mol. The first-order chi connectivity index (χ1) is 7.45. The molecule has 0 radical (unpaired) electrons. The Morgan fingerprint density at radius 1 is 1.62 bits per heavy atom. The molecule has 86 valence electrons. The van der Waals surface area contributed by atoms with Gasteiger partial charge in [0.25, 0.3) is 5.69 Å². The largest absolute Gasteiger partial charge is 0.495 e. The number of nitrogens with zero attached hydrogens (tertiary/aromatic N) is 1. The number of ether oxygens (including phenoxy) is 1. The lowest BCUT2D eigenvalue weighted by atomic mass is 10.1. The van der Waals surface area contributed by atoms with Gasteiger partial charge in [0.2, 0.25) is 0 Å². The summed E-state index contributed by atoms with van der Waals surface area (Å²) in [5.74, 6) is -1.03. The van der Waals surface area contributed by atoms with Crippen LogP contribution in [0.4, 0.5) is 5.69 Å². The Kier molecular flexibility index (Phi) is 3.68. The van der Waals surface area contributed by atoms with Gasteiger partial charge in [-0.2, -0.15) is 0 Å². The molecule has 0 aliphatic heterocycles. The molecule has 0 atom stereocenters. The Labute approximate surface area is 95.6 Å². The van der Waals surface area contributed by atoms with Crippen molar-refractivity contribution in [3.8, 4) is 5.75 Å². The van der Waals surface area contributed by atoms with Crippen LogP contribution in [-0.2, 0) is 11.2 Å². The molecule has 0 unspecified atom stereocenters. The zero-order valence-corrected chi connectivity index (χ0v) is 9.02. The first-order valence-electron chi connectivity index (χ1n) is 4.18. The molecule has 0 aromatic heterocycles. The highest BCUT2D eigenvalue weighted by Gasteiger charge is 2.17. The minimum absolute atomic E-state index is 0.0792. The molecule has 0 saturated heterocycles. The van der Waals surface area contributed by atoms with Crippen LogP contribution in [0.1, 0.15) is 5.56 Å². The monoisotopic (exact) mass is 245 g/mol. The van der Waals surface area contributed by atoms with E-state index >= 15 is 0 Å². The molecule has 1 aromatic carbocycles. The zero-order chi connectivity index (χ0) is 12.3. The molecule has 0 saturated carbocycles. The summed E-state index contributed by atoms with van der Waals surface area (Å²) in [4.78, 5) is 20.5. The Morgan fingerprint density at radius 2 is 2.25 bits per heavy atom. The van der Waals surface area contributed by atoms with Crippen molar-refractivity contribution in [2.45, 2.75) is 6.42 Å². The van der Waals surface area contributed by atoms with Crippen molar-refractivity contribution in [1.29, 1.82) is 0 Å². The summed E-state index contributed by atoms with van der Waals surface area (Å²) in [5, 5.41) is 19.3. The summed E-state index contributed by atoms with van der Waals surface area (Å²) in [7, 11) is 1.30. The molecule has 0 amide bonds. The van der Waals surface area contributed by atoms with Gasteiger partial charge in [0, 0.05) is 6.07 Å². The van der Waals surface area contributed by atoms with E-state index in [2.05, 4.69) is 0 Å². The van der Waals surface area contributed by atoms with Crippen LogP contribution < -0.4 is 4.74 Å². The standard InChI is InChI=1S/C9H8ClNO5/c1-16-7-4-6(11(14)15)2-5(9(7)10)3-8(12)13/h2,4H,3H2,1H3,(H,12,13). The number of aliphatic carboxylic acids is 1. The maximum Gasteiger partial charge on any atom is 0.307 e. The van der Waals surface area contributed by atoms with E-state index in [1.54, 1.807) is 0 Å². The van der Waals surface area contributed by atoms with E-state index in [0.717, 1.165) is 12.1 Å². The molecule has 0 heterocycles. The van der Waals surface area contributed by atoms with E-state index in [-0.39, 0.29) is 22.0 Å². The lowest BCUT2D eigenvalue weighted by Crippen LogP contribution is -2.03. The number of benzene rings is 1. The molecule has 0 aliphatic rings. The Hall–Kier alpha value is -1.82. The molecule has 0 aliphatic carbocycles. The second-order valence-electron chi connectivity index (χ2n) is 2.95. The molecule has 1 rings (SSSR count). The smallest absolute Gasteiger partial charge is 0.307 e. The lowest BCUT2D eigenvalue weighted by molar-refractivity contribution is -0.385. The van der Waals surface area contributed by atoms with Gasteiger partial charge in [-0.05, 0) is 5.56 Å². The maximum absolute atomic E-state index is 10.6. The highest BCUT2D eigenvalue weighted by molar-refractivity contribution is 6.33. The summed E-state index contributed by atoms with van der Waals surface area (Å²) in [6.07, 6.45) is -0.392. The number of methoxy groups -OCH3 is 1. The first kappa shape index (κ1) is 12.3. The van der Waals surface area contributed by atoms with Gasteiger partial charge in [-0.1, -0.05) is 11.6 Å². The third-order valence-electron chi connectivity index (χ3n) is 1.87. The van der Waals surface area contributed by atoms with E-state index in [4.69, 9.17) is 21.4 Å². The fourth-order valence-corrected chi connectivity index (χ4v) is 1.44. The lowest BCUT2D eigenvalue weighted by Gasteiger charge is -2.07. The maximum atomic E-state index is 10.6. The quantitative estimate of drug-likeness (QED) is 0.646. The van der Waals surface area contributed by atoms with Crippen LogP contribution in [0.2, 0.25) is 5.02 Å². The topological polar surface area (TPSA) is 89.7 Å². The third-order valence-corrected chi connectivity index (χ3v) is 2.30. The third kappa shape index (κ3) is 2.60.